The fourth-order valence-electron chi connectivity index (χ4n) is 1.72. The molecule has 1 heterocycles. The molecular formula is C11H20ClN3O3. The molecule has 104 valence electrons. The Kier molecular flexibility index (Phi) is 6.01. The summed E-state index contributed by atoms with van der Waals surface area (Å²) in [7, 11) is 0. The van der Waals surface area contributed by atoms with E-state index >= 15 is 0 Å². The molecule has 1 aliphatic rings. The van der Waals surface area contributed by atoms with Crippen molar-refractivity contribution in [3.05, 3.63) is 11.7 Å². The number of aromatic nitrogens is 2. The molecular weight excluding hydrogens is 258 g/mol. The van der Waals surface area contributed by atoms with Crippen molar-refractivity contribution in [2.45, 2.75) is 38.3 Å². The van der Waals surface area contributed by atoms with E-state index in [4.69, 9.17) is 19.7 Å². The van der Waals surface area contributed by atoms with E-state index in [1.54, 1.807) is 0 Å². The number of nitrogens with zero attached hydrogens (tertiary/aromatic N) is 2. The summed E-state index contributed by atoms with van der Waals surface area (Å²) in [4.78, 5) is 4.25. The molecule has 0 radical (unpaired) electrons. The number of halogens is 1. The molecule has 0 unspecified atom stereocenters. The standard InChI is InChI=1S/C11H19N3O3.ClH/c1-2-15-6-7-16-8-9-13-10(14-17-9)11(12)4-3-5-11;/h2-8,12H2,1H3;1H. The Labute approximate surface area is 113 Å². The van der Waals surface area contributed by atoms with Crippen LogP contribution in [0.15, 0.2) is 4.52 Å². The molecule has 0 atom stereocenters. The van der Waals surface area contributed by atoms with Crippen LogP contribution >= 0.6 is 12.4 Å². The number of nitrogens with two attached hydrogens (primary N) is 1. The Morgan fingerprint density at radius 1 is 1.33 bits per heavy atom. The Morgan fingerprint density at radius 3 is 2.67 bits per heavy atom. The summed E-state index contributed by atoms with van der Waals surface area (Å²) in [6.45, 7) is 4.07. The largest absolute Gasteiger partial charge is 0.379 e. The Bertz CT molecular complexity index is 355. The maximum absolute atomic E-state index is 6.09. The van der Waals surface area contributed by atoms with Crippen LogP contribution in [0.25, 0.3) is 0 Å². The van der Waals surface area contributed by atoms with Crippen LogP contribution in [-0.2, 0) is 21.6 Å². The second-order valence-corrected chi connectivity index (χ2v) is 4.27. The molecule has 1 aromatic rings. The first-order valence-electron chi connectivity index (χ1n) is 6.02. The molecule has 6 nitrogen and oxygen atoms in total. The lowest BCUT2D eigenvalue weighted by atomic mass is 9.77. The summed E-state index contributed by atoms with van der Waals surface area (Å²) >= 11 is 0. The fourth-order valence-corrected chi connectivity index (χ4v) is 1.72. The second kappa shape index (κ2) is 7.04. The minimum atomic E-state index is -0.368. The van der Waals surface area contributed by atoms with Crippen molar-refractivity contribution in [1.29, 1.82) is 0 Å². The van der Waals surface area contributed by atoms with E-state index in [0.717, 1.165) is 19.3 Å². The van der Waals surface area contributed by atoms with E-state index in [1.165, 1.54) is 0 Å². The van der Waals surface area contributed by atoms with Gasteiger partial charge in [0, 0.05) is 6.61 Å². The topological polar surface area (TPSA) is 83.4 Å². The van der Waals surface area contributed by atoms with Gasteiger partial charge in [0.25, 0.3) is 5.89 Å². The summed E-state index contributed by atoms with van der Waals surface area (Å²) in [5, 5.41) is 3.90. The van der Waals surface area contributed by atoms with Crippen LogP contribution in [-0.4, -0.2) is 30.0 Å². The highest BCUT2D eigenvalue weighted by atomic mass is 35.5. The summed E-state index contributed by atoms with van der Waals surface area (Å²) < 4.78 is 15.6. The average molecular weight is 278 g/mol. The zero-order valence-electron chi connectivity index (χ0n) is 10.6. The molecule has 2 rings (SSSR count). The van der Waals surface area contributed by atoms with Gasteiger partial charge in [-0.05, 0) is 26.2 Å². The van der Waals surface area contributed by atoms with Gasteiger partial charge in [0.05, 0.1) is 18.8 Å². The van der Waals surface area contributed by atoms with Gasteiger partial charge in [-0.2, -0.15) is 4.98 Å². The van der Waals surface area contributed by atoms with Gasteiger partial charge in [0.2, 0.25) is 0 Å². The molecule has 1 aromatic heterocycles. The quantitative estimate of drug-likeness (QED) is 0.758. The van der Waals surface area contributed by atoms with Crippen LogP contribution < -0.4 is 5.73 Å². The predicted octanol–water partition coefficient (Wildman–Crippen LogP) is 1.38. The average Bonchev–Trinajstić information content (AvgIpc) is 2.75. The first-order valence-corrected chi connectivity index (χ1v) is 6.02. The van der Waals surface area contributed by atoms with Gasteiger partial charge in [-0.25, -0.2) is 0 Å². The van der Waals surface area contributed by atoms with Gasteiger partial charge in [0.1, 0.15) is 6.61 Å². The first kappa shape index (κ1) is 15.4. The van der Waals surface area contributed by atoms with E-state index in [2.05, 4.69) is 10.1 Å². The van der Waals surface area contributed by atoms with Crippen molar-refractivity contribution in [2.75, 3.05) is 19.8 Å². The van der Waals surface area contributed by atoms with Crippen molar-refractivity contribution in [1.82, 2.24) is 10.1 Å². The van der Waals surface area contributed by atoms with E-state index in [0.29, 0.717) is 38.1 Å². The molecule has 0 spiro atoms. The van der Waals surface area contributed by atoms with Crippen molar-refractivity contribution < 1.29 is 14.0 Å². The molecule has 1 aliphatic carbocycles. The SMILES string of the molecule is CCOCCOCc1nc(C2(N)CCC2)no1.Cl. The molecule has 1 fully saturated rings. The van der Waals surface area contributed by atoms with Crippen LogP contribution in [0.5, 0.6) is 0 Å². The highest BCUT2D eigenvalue weighted by Crippen LogP contribution is 2.36. The van der Waals surface area contributed by atoms with Gasteiger partial charge in [0.15, 0.2) is 5.82 Å². The molecule has 0 saturated heterocycles. The van der Waals surface area contributed by atoms with Gasteiger partial charge in [-0.15, -0.1) is 12.4 Å². The Morgan fingerprint density at radius 2 is 2.06 bits per heavy atom. The lowest BCUT2D eigenvalue weighted by Gasteiger charge is -2.34. The van der Waals surface area contributed by atoms with E-state index in [1.807, 2.05) is 6.92 Å². The van der Waals surface area contributed by atoms with Gasteiger partial charge >= 0.3 is 0 Å². The molecule has 18 heavy (non-hydrogen) atoms. The smallest absolute Gasteiger partial charge is 0.252 e. The molecule has 0 amide bonds. The lowest BCUT2D eigenvalue weighted by molar-refractivity contribution is 0.0355. The number of hydrogen-bond donors (Lipinski definition) is 1. The monoisotopic (exact) mass is 277 g/mol. The molecule has 7 heteroatoms. The third-order valence-electron chi connectivity index (χ3n) is 2.96. The zero-order chi connectivity index (χ0) is 12.1. The van der Waals surface area contributed by atoms with E-state index in [-0.39, 0.29) is 17.9 Å². The summed E-state index contributed by atoms with van der Waals surface area (Å²) in [6.07, 6.45) is 2.99. The normalized spacial score (nSPS) is 17.0. The van der Waals surface area contributed by atoms with Crippen LogP contribution in [0.1, 0.15) is 37.9 Å². The van der Waals surface area contributed by atoms with Crippen molar-refractivity contribution in [3.8, 4) is 0 Å². The van der Waals surface area contributed by atoms with Gasteiger partial charge in [-0.1, -0.05) is 5.16 Å². The Hall–Kier alpha value is -0.690. The highest BCUT2D eigenvalue weighted by Gasteiger charge is 2.38. The van der Waals surface area contributed by atoms with Crippen molar-refractivity contribution in [2.24, 2.45) is 5.73 Å². The molecule has 0 aliphatic heterocycles. The maximum Gasteiger partial charge on any atom is 0.252 e. The molecule has 0 bridgehead atoms. The highest BCUT2D eigenvalue weighted by molar-refractivity contribution is 5.85. The molecule has 0 aromatic carbocycles. The summed E-state index contributed by atoms with van der Waals surface area (Å²) in [5.41, 5.74) is 5.72. The molecule has 1 saturated carbocycles. The van der Waals surface area contributed by atoms with E-state index in [9.17, 15) is 0 Å². The Balaban J connectivity index is 0.00000162. The summed E-state index contributed by atoms with van der Waals surface area (Å²) in [6, 6.07) is 0. The van der Waals surface area contributed by atoms with Crippen LogP contribution in [0.4, 0.5) is 0 Å². The summed E-state index contributed by atoms with van der Waals surface area (Å²) in [5.74, 6) is 1.08. The predicted molar refractivity (Wildman–Crippen MR) is 67.4 cm³/mol. The minimum Gasteiger partial charge on any atom is -0.379 e. The zero-order valence-corrected chi connectivity index (χ0v) is 11.4. The minimum absolute atomic E-state index is 0. The number of ether oxygens (including phenoxy) is 2. The number of rotatable bonds is 7. The second-order valence-electron chi connectivity index (χ2n) is 4.27. The van der Waals surface area contributed by atoms with Crippen molar-refractivity contribution >= 4 is 12.4 Å². The van der Waals surface area contributed by atoms with Gasteiger partial charge < -0.3 is 19.7 Å². The van der Waals surface area contributed by atoms with Crippen LogP contribution in [0.2, 0.25) is 0 Å². The maximum atomic E-state index is 6.09. The van der Waals surface area contributed by atoms with Gasteiger partial charge in [-0.3, -0.25) is 0 Å². The molecule has 2 N–H and O–H groups in total. The third kappa shape index (κ3) is 3.65. The number of hydrogen-bond acceptors (Lipinski definition) is 6. The van der Waals surface area contributed by atoms with E-state index < -0.39 is 0 Å². The first-order chi connectivity index (χ1) is 8.24. The lowest BCUT2D eigenvalue weighted by Crippen LogP contribution is -2.44. The third-order valence-corrected chi connectivity index (χ3v) is 2.96. The van der Waals surface area contributed by atoms with Crippen molar-refractivity contribution in [3.63, 3.8) is 0 Å². The fraction of sp³-hybridized carbons (Fsp3) is 0.818. The van der Waals surface area contributed by atoms with Crippen LogP contribution in [0, 0.1) is 0 Å². The van der Waals surface area contributed by atoms with Crippen LogP contribution in [0.3, 0.4) is 0 Å².